The molecule has 0 fully saturated rings. The van der Waals surface area contributed by atoms with Gasteiger partial charge in [0.1, 0.15) is 0 Å². The molecule has 0 aliphatic heterocycles. The number of hydrogen-bond donors (Lipinski definition) is 2. The fraction of sp³-hybridized carbons (Fsp3) is 0.300. The zero-order valence-corrected chi connectivity index (χ0v) is 15.9. The van der Waals surface area contributed by atoms with E-state index in [-0.39, 0.29) is 12.0 Å². The second kappa shape index (κ2) is 8.62. The third-order valence-electron chi connectivity index (χ3n) is 3.91. The predicted molar refractivity (Wildman–Crippen MR) is 106 cm³/mol. The van der Waals surface area contributed by atoms with E-state index in [9.17, 15) is 4.79 Å². The van der Waals surface area contributed by atoms with Gasteiger partial charge in [0.05, 0.1) is 18.2 Å². The summed E-state index contributed by atoms with van der Waals surface area (Å²) in [6.45, 7) is 8.21. The molecule has 0 amide bonds. The fourth-order valence-electron chi connectivity index (χ4n) is 2.44. The lowest BCUT2D eigenvalue weighted by Crippen LogP contribution is -2.31. The van der Waals surface area contributed by atoms with Crippen molar-refractivity contribution in [2.75, 3.05) is 11.9 Å². The van der Waals surface area contributed by atoms with Gasteiger partial charge in [-0.15, -0.1) is 0 Å². The van der Waals surface area contributed by atoms with Crippen LogP contribution in [0.4, 0.5) is 5.69 Å². The molecular formula is C20H24N2O2S. The van der Waals surface area contributed by atoms with E-state index in [0.717, 1.165) is 11.3 Å². The third kappa shape index (κ3) is 5.29. The van der Waals surface area contributed by atoms with Gasteiger partial charge in [-0.25, -0.2) is 4.79 Å². The van der Waals surface area contributed by atoms with Gasteiger partial charge < -0.3 is 15.4 Å². The lowest BCUT2D eigenvalue weighted by Gasteiger charge is -2.18. The summed E-state index contributed by atoms with van der Waals surface area (Å²) in [5, 5.41) is 7.01. The molecule has 0 aliphatic rings. The molecule has 0 radical (unpaired) electrons. The van der Waals surface area contributed by atoms with Crippen molar-refractivity contribution in [3.63, 3.8) is 0 Å². The summed E-state index contributed by atoms with van der Waals surface area (Å²) in [6, 6.07) is 13.8. The number of thiocarbonyl (C=S) groups is 1. The number of hydrogen-bond acceptors (Lipinski definition) is 3. The summed E-state index contributed by atoms with van der Waals surface area (Å²) in [7, 11) is 0. The fourth-order valence-corrected chi connectivity index (χ4v) is 2.73. The largest absolute Gasteiger partial charge is 0.462 e. The average molecular weight is 356 g/mol. The summed E-state index contributed by atoms with van der Waals surface area (Å²) in [5.74, 6) is -0.314. The van der Waals surface area contributed by atoms with Crippen molar-refractivity contribution in [2.24, 2.45) is 0 Å². The van der Waals surface area contributed by atoms with Crippen molar-refractivity contribution in [3.05, 3.63) is 64.7 Å². The van der Waals surface area contributed by atoms with Gasteiger partial charge in [-0.3, -0.25) is 0 Å². The Bertz CT molecular complexity index is 757. The Balaban J connectivity index is 2.00. The van der Waals surface area contributed by atoms with Crippen molar-refractivity contribution in [2.45, 2.75) is 33.7 Å². The smallest absolute Gasteiger partial charge is 0.338 e. The Kier molecular flexibility index (Phi) is 6.53. The van der Waals surface area contributed by atoms with Crippen LogP contribution in [0.2, 0.25) is 0 Å². The van der Waals surface area contributed by atoms with Crippen LogP contribution in [0.15, 0.2) is 42.5 Å². The van der Waals surface area contributed by atoms with Gasteiger partial charge in [0.2, 0.25) is 0 Å². The predicted octanol–water partition coefficient (Wildman–Crippen LogP) is 4.53. The van der Waals surface area contributed by atoms with Crippen molar-refractivity contribution in [1.82, 2.24) is 5.32 Å². The molecule has 0 unspecified atom stereocenters. The van der Waals surface area contributed by atoms with Crippen molar-refractivity contribution >= 4 is 29.0 Å². The van der Waals surface area contributed by atoms with Crippen LogP contribution < -0.4 is 10.6 Å². The second-order valence-electron chi connectivity index (χ2n) is 5.98. The van der Waals surface area contributed by atoms with Crippen LogP contribution in [-0.2, 0) is 4.74 Å². The van der Waals surface area contributed by atoms with Crippen LogP contribution in [0.3, 0.4) is 0 Å². The molecule has 132 valence electrons. The Morgan fingerprint density at radius 1 is 1.16 bits per heavy atom. The molecule has 25 heavy (non-hydrogen) atoms. The van der Waals surface area contributed by atoms with Crippen molar-refractivity contribution in [1.29, 1.82) is 0 Å². The molecule has 2 N–H and O–H groups in total. The van der Waals surface area contributed by atoms with E-state index in [1.807, 2.05) is 13.0 Å². The molecule has 0 aliphatic carbocycles. The Morgan fingerprint density at radius 2 is 1.84 bits per heavy atom. The highest BCUT2D eigenvalue weighted by Gasteiger charge is 2.11. The highest BCUT2D eigenvalue weighted by molar-refractivity contribution is 7.80. The number of carbonyl (C=O) groups is 1. The first kappa shape index (κ1) is 18.9. The SMILES string of the molecule is CCOC(=O)c1ccc(NC(=S)N[C@@H](C)c2ccc(C)cc2)c(C)c1. The molecule has 0 bridgehead atoms. The molecule has 0 spiro atoms. The van der Waals surface area contributed by atoms with Crippen molar-refractivity contribution < 1.29 is 9.53 Å². The Morgan fingerprint density at radius 3 is 2.44 bits per heavy atom. The first-order valence-corrected chi connectivity index (χ1v) is 8.73. The zero-order chi connectivity index (χ0) is 18.4. The van der Waals surface area contributed by atoms with E-state index in [0.29, 0.717) is 17.3 Å². The monoisotopic (exact) mass is 356 g/mol. The lowest BCUT2D eigenvalue weighted by molar-refractivity contribution is 0.0526. The van der Waals surface area contributed by atoms with Gasteiger partial charge in [0, 0.05) is 5.69 Å². The molecular weight excluding hydrogens is 332 g/mol. The molecule has 5 heteroatoms. The van der Waals surface area contributed by atoms with Gasteiger partial charge in [-0.05, 0) is 69.2 Å². The maximum atomic E-state index is 11.8. The van der Waals surface area contributed by atoms with E-state index in [1.54, 1.807) is 19.1 Å². The van der Waals surface area contributed by atoms with Crippen LogP contribution in [0.1, 0.15) is 46.9 Å². The molecule has 2 aromatic rings. The van der Waals surface area contributed by atoms with E-state index < -0.39 is 0 Å². The minimum Gasteiger partial charge on any atom is -0.462 e. The van der Waals surface area contributed by atoms with Crippen LogP contribution >= 0.6 is 12.2 Å². The number of ether oxygens (including phenoxy) is 1. The van der Waals surface area contributed by atoms with Gasteiger partial charge in [0.15, 0.2) is 5.11 Å². The van der Waals surface area contributed by atoms with Gasteiger partial charge in [-0.1, -0.05) is 29.8 Å². The number of rotatable bonds is 5. The van der Waals surface area contributed by atoms with E-state index in [4.69, 9.17) is 17.0 Å². The summed E-state index contributed by atoms with van der Waals surface area (Å²) in [5.41, 5.74) is 4.73. The molecule has 1 atom stereocenters. The number of esters is 1. The Labute approximate surface area is 154 Å². The zero-order valence-electron chi connectivity index (χ0n) is 15.1. The standard InChI is InChI=1S/C20H24N2O2S/c1-5-24-19(23)17-10-11-18(14(3)12-17)22-20(25)21-15(4)16-8-6-13(2)7-9-16/h6-12,15H,5H2,1-4H3,(H2,21,22,25)/t15-/m0/s1. The summed E-state index contributed by atoms with van der Waals surface area (Å²) in [6.07, 6.45) is 0. The number of anilines is 1. The van der Waals surface area contributed by atoms with Crippen LogP contribution in [0.25, 0.3) is 0 Å². The molecule has 0 aromatic heterocycles. The summed E-state index contributed by atoms with van der Waals surface area (Å²) >= 11 is 5.41. The minimum absolute atomic E-state index is 0.0970. The van der Waals surface area contributed by atoms with E-state index in [2.05, 4.69) is 48.7 Å². The Hall–Kier alpha value is -2.40. The quantitative estimate of drug-likeness (QED) is 0.609. The van der Waals surface area contributed by atoms with Crippen LogP contribution in [-0.4, -0.2) is 17.7 Å². The lowest BCUT2D eigenvalue weighted by atomic mass is 10.1. The number of aryl methyl sites for hydroxylation is 2. The maximum Gasteiger partial charge on any atom is 0.338 e. The first-order chi connectivity index (χ1) is 11.9. The highest BCUT2D eigenvalue weighted by Crippen LogP contribution is 2.18. The van der Waals surface area contributed by atoms with Crippen LogP contribution in [0.5, 0.6) is 0 Å². The molecule has 0 saturated carbocycles. The van der Waals surface area contributed by atoms with Crippen LogP contribution in [0, 0.1) is 13.8 Å². The van der Waals surface area contributed by atoms with Gasteiger partial charge >= 0.3 is 5.97 Å². The first-order valence-electron chi connectivity index (χ1n) is 8.32. The molecule has 2 rings (SSSR count). The third-order valence-corrected chi connectivity index (χ3v) is 4.13. The van der Waals surface area contributed by atoms with Gasteiger partial charge in [-0.2, -0.15) is 0 Å². The topological polar surface area (TPSA) is 50.4 Å². The highest BCUT2D eigenvalue weighted by atomic mass is 32.1. The summed E-state index contributed by atoms with van der Waals surface area (Å²) < 4.78 is 5.02. The van der Waals surface area contributed by atoms with E-state index in [1.165, 1.54) is 11.1 Å². The molecule has 0 saturated heterocycles. The minimum atomic E-state index is -0.314. The summed E-state index contributed by atoms with van der Waals surface area (Å²) in [4.78, 5) is 11.8. The molecule has 4 nitrogen and oxygen atoms in total. The molecule has 0 heterocycles. The average Bonchev–Trinajstić information content (AvgIpc) is 2.57. The maximum absolute atomic E-state index is 11.8. The second-order valence-corrected chi connectivity index (χ2v) is 6.39. The van der Waals surface area contributed by atoms with E-state index >= 15 is 0 Å². The number of nitrogens with one attached hydrogen (secondary N) is 2. The number of carbonyl (C=O) groups excluding carboxylic acids is 1. The van der Waals surface area contributed by atoms with Crippen molar-refractivity contribution in [3.8, 4) is 0 Å². The molecule has 2 aromatic carbocycles. The number of benzene rings is 2. The normalized spacial score (nSPS) is 11.5. The van der Waals surface area contributed by atoms with Gasteiger partial charge in [0.25, 0.3) is 0 Å².